The van der Waals surface area contributed by atoms with Gasteiger partial charge < -0.3 is 15.4 Å². The number of amides is 1. The van der Waals surface area contributed by atoms with Gasteiger partial charge in [-0.3, -0.25) is 14.1 Å². The van der Waals surface area contributed by atoms with Gasteiger partial charge in [0.15, 0.2) is 0 Å². The van der Waals surface area contributed by atoms with Crippen molar-refractivity contribution in [3.63, 3.8) is 0 Å². The van der Waals surface area contributed by atoms with E-state index < -0.39 is 0 Å². The number of fused-ring (bicyclic) bond motifs is 2. The Labute approximate surface area is 208 Å². The number of nitrogens with zero attached hydrogens (tertiary/aromatic N) is 4. The molecule has 0 aliphatic carbocycles. The summed E-state index contributed by atoms with van der Waals surface area (Å²) in [6.07, 6.45) is 5.48. The lowest BCUT2D eigenvalue weighted by Crippen LogP contribution is -2.42. The summed E-state index contributed by atoms with van der Waals surface area (Å²) in [5, 5.41) is 6.26. The Morgan fingerprint density at radius 2 is 2.08 bits per heavy atom. The number of carbonyl (C=O) groups is 1. The molecule has 2 aliphatic rings. The Bertz CT molecular complexity index is 1450. The number of imidazole rings is 1. The fourth-order valence-electron chi connectivity index (χ4n) is 5.12. The molecule has 2 aliphatic heterocycles. The predicted molar refractivity (Wildman–Crippen MR) is 135 cm³/mol. The minimum atomic E-state index is -0.339. The highest BCUT2D eigenvalue weighted by atomic mass is 19.1. The number of aromatic nitrogens is 3. The number of rotatable bonds is 5. The summed E-state index contributed by atoms with van der Waals surface area (Å²) in [5.74, 6) is 0.191. The van der Waals surface area contributed by atoms with Crippen LogP contribution in [0.3, 0.4) is 0 Å². The van der Waals surface area contributed by atoms with Crippen LogP contribution in [0.1, 0.15) is 41.4 Å². The van der Waals surface area contributed by atoms with Crippen LogP contribution in [0.2, 0.25) is 0 Å². The normalized spacial score (nSPS) is 18.8. The van der Waals surface area contributed by atoms with Crippen molar-refractivity contribution < 1.29 is 13.9 Å². The monoisotopic (exact) mass is 486 g/mol. The SMILES string of the molecule is C[C@H](c1ccc(Nc2ccc(-c3cnc4cc(F)ccn34)c3c2C(=O)NC3)nc1)N1CCO[C@@H](C)C1. The molecule has 1 aromatic carbocycles. The average molecular weight is 487 g/mol. The van der Waals surface area contributed by atoms with Gasteiger partial charge in [-0.2, -0.15) is 0 Å². The third-order valence-corrected chi connectivity index (χ3v) is 7.07. The molecule has 0 spiro atoms. The lowest BCUT2D eigenvalue weighted by molar-refractivity contribution is -0.0319. The van der Waals surface area contributed by atoms with Crippen molar-refractivity contribution in [2.75, 3.05) is 25.0 Å². The Kier molecular flexibility index (Phi) is 5.66. The van der Waals surface area contributed by atoms with Crippen molar-refractivity contribution >= 4 is 23.1 Å². The maximum absolute atomic E-state index is 13.6. The molecule has 1 saturated heterocycles. The minimum absolute atomic E-state index is 0.138. The fraction of sp³-hybridized carbons (Fsp3) is 0.296. The first-order valence-electron chi connectivity index (χ1n) is 12.1. The van der Waals surface area contributed by atoms with E-state index in [4.69, 9.17) is 4.74 Å². The van der Waals surface area contributed by atoms with Gasteiger partial charge in [-0.15, -0.1) is 0 Å². The fourth-order valence-corrected chi connectivity index (χ4v) is 5.12. The van der Waals surface area contributed by atoms with Crippen LogP contribution < -0.4 is 10.6 Å². The molecule has 9 heteroatoms. The molecule has 184 valence electrons. The van der Waals surface area contributed by atoms with Crippen molar-refractivity contribution in [1.29, 1.82) is 0 Å². The van der Waals surface area contributed by atoms with E-state index in [1.54, 1.807) is 12.4 Å². The third kappa shape index (κ3) is 4.00. The maximum Gasteiger partial charge on any atom is 0.254 e. The lowest BCUT2D eigenvalue weighted by atomic mass is 9.99. The molecule has 0 saturated carbocycles. The van der Waals surface area contributed by atoms with Gasteiger partial charge in [0.1, 0.15) is 17.3 Å². The molecular weight excluding hydrogens is 459 g/mol. The Balaban J connectivity index is 1.28. The average Bonchev–Trinajstić information content (AvgIpc) is 3.48. The van der Waals surface area contributed by atoms with E-state index in [1.807, 2.05) is 28.8 Å². The van der Waals surface area contributed by atoms with Crippen LogP contribution >= 0.6 is 0 Å². The topological polar surface area (TPSA) is 83.8 Å². The maximum atomic E-state index is 13.6. The third-order valence-electron chi connectivity index (χ3n) is 7.07. The van der Waals surface area contributed by atoms with E-state index in [0.29, 0.717) is 29.3 Å². The lowest BCUT2D eigenvalue weighted by Gasteiger charge is -2.35. The Morgan fingerprint density at radius 3 is 2.89 bits per heavy atom. The molecule has 36 heavy (non-hydrogen) atoms. The van der Waals surface area contributed by atoms with Gasteiger partial charge in [-0.1, -0.05) is 12.1 Å². The number of carbonyl (C=O) groups excluding carboxylic acids is 1. The van der Waals surface area contributed by atoms with E-state index in [1.165, 1.54) is 12.1 Å². The highest BCUT2D eigenvalue weighted by Gasteiger charge is 2.27. The molecule has 3 aromatic heterocycles. The number of halogens is 1. The summed E-state index contributed by atoms with van der Waals surface area (Å²) < 4.78 is 21.1. The van der Waals surface area contributed by atoms with Crippen molar-refractivity contribution in [2.24, 2.45) is 0 Å². The highest BCUT2D eigenvalue weighted by Crippen LogP contribution is 2.35. The zero-order valence-electron chi connectivity index (χ0n) is 20.2. The van der Waals surface area contributed by atoms with Crippen LogP contribution in [0.25, 0.3) is 16.9 Å². The molecule has 1 fully saturated rings. The summed E-state index contributed by atoms with van der Waals surface area (Å²) in [4.78, 5) is 24.2. The molecule has 1 amide bonds. The van der Waals surface area contributed by atoms with Crippen LogP contribution in [0, 0.1) is 5.82 Å². The highest BCUT2D eigenvalue weighted by molar-refractivity contribution is 6.06. The number of anilines is 2. The summed E-state index contributed by atoms with van der Waals surface area (Å²) >= 11 is 0. The van der Waals surface area contributed by atoms with Gasteiger partial charge in [0.25, 0.3) is 5.91 Å². The van der Waals surface area contributed by atoms with Crippen LogP contribution in [-0.4, -0.2) is 51.0 Å². The summed E-state index contributed by atoms with van der Waals surface area (Å²) in [7, 11) is 0. The number of hydrogen-bond acceptors (Lipinski definition) is 6. The number of pyridine rings is 2. The standard InChI is InChI=1S/C27H27FN6O2/c1-16-15-33(9-10-36-16)17(2)18-3-6-24(29-12-18)32-22-5-4-20(21-13-31-27(35)26(21)22)23-14-30-25-11-19(28)7-8-34(23)25/h3-8,11-12,14,16-17H,9-10,13,15H2,1-2H3,(H,29,32)(H,31,35)/t16-,17+/m0/s1. The number of morpholine rings is 1. The quantitative estimate of drug-likeness (QED) is 0.438. The van der Waals surface area contributed by atoms with E-state index in [0.717, 1.165) is 42.1 Å². The van der Waals surface area contributed by atoms with E-state index in [2.05, 4.69) is 45.4 Å². The molecule has 5 heterocycles. The van der Waals surface area contributed by atoms with Crippen molar-refractivity contribution in [3.8, 4) is 11.3 Å². The van der Waals surface area contributed by atoms with E-state index in [9.17, 15) is 9.18 Å². The summed E-state index contributed by atoms with van der Waals surface area (Å²) in [6, 6.07) is 10.9. The van der Waals surface area contributed by atoms with Crippen LogP contribution in [0.15, 0.2) is 55.0 Å². The molecule has 8 nitrogen and oxygen atoms in total. The van der Waals surface area contributed by atoms with Gasteiger partial charge in [0.2, 0.25) is 0 Å². The van der Waals surface area contributed by atoms with Crippen molar-refractivity contribution in [3.05, 3.63) is 77.5 Å². The van der Waals surface area contributed by atoms with Gasteiger partial charge in [0, 0.05) is 49.7 Å². The molecule has 2 atom stereocenters. The van der Waals surface area contributed by atoms with Crippen LogP contribution in [0.5, 0.6) is 0 Å². The smallest absolute Gasteiger partial charge is 0.254 e. The largest absolute Gasteiger partial charge is 0.376 e. The second-order valence-corrected chi connectivity index (χ2v) is 9.37. The molecule has 6 rings (SSSR count). The zero-order chi connectivity index (χ0) is 24.8. The molecule has 2 N–H and O–H groups in total. The first-order chi connectivity index (χ1) is 17.5. The van der Waals surface area contributed by atoms with Crippen molar-refractivity contribution in [1.82, 2.24) is 24.6 Å². The molecule has 0 bridgehead atoms. The van der Waals surface area contributed by atoms with Crippen molar-refractivity contribution in [2.45, 2.75) is 32.5 Å². The predicted octanol–water partition coefficient (Wildman–Crippen LogP) is 4.30. The Morgan fingerprint density at radius 1 is 1.19 bits per heavy atom. The second kappa shape index (κ2) is 9.00. The van der Waals surface area contributed by atoms with E-state index >= 15 is 0 Å². The van der Waals surface area contributed by atoms with E-state index in [-0.39, 0.29) is 23.9 Å². The number of ether oxygens (including phenoxy) is 1. The van der Waals surface area contributed by atoms with Crippen LogP contribution in [-0.2, 0) is 11.3 Å². The molecule has 0 unspecified atom stereocenters. The Hall–Kier alpha value is -3.82. The molecular formula is C27H27FN6O2. The number of hydrogen-bond donors (Lipinski definition) is 2. The van der Waals surface area contributed by atoms with Gasteiger partial charge in [-0.25, -0.2) is 14.4 Å². The van der Waals surface area contributed by atoms with Crippen LogP contribution in [0.4, 0.5) is 15.9 Å². The summed E-state index contributed by atoms with van der Waals surface area (Å²) in [6.45, 7) is 7.24. The first-order valence-corrected chi connectivity index (χ1v) is 12.1. The minimum Gasteiger partial charge on any atom is -0.376 e. The zero-order valence-corrected chi connectivity index (χ0v) is 20.2. The second-order valence-electron chi connectivity index (χ2n) is 9.37. The van der Waals surface area contributed by atoms with Gasteiger partial charge in [0.05, 0.1) is 35.9 Å². The number of nitrogens with one attached hydrogen (secondary N) is 2. The molecule has 0 radical (unpaired) electrons. The first kappa shape index (κ1) is 22.6. The molecule has 4 aromatic rings. The number of benzene rings is 1. The summed E-state index contributed by atoms with van der Waals surface area (Å²) in [5.41, 5.74) is 5.50. The van der Waals surface area contributed by atoms with Gasteiger partial charge >= 0.3 is 0 Å². The van der Waals surface area contributed by atoms with Gasteiger partial charge in [-0.05, 0) is 43.2 Å².